The molecule has 0 saturated heterocycles. The number of ether oxygens (including phenoxy) is 1. The monoisotopic (exact) mass is 303 g/mol. The molecule has 2 aromatic rings. The Morgan fingerprint density at radius 2 is 2.00 bits per heavy atom. The lowest BCUT2D eigenvalue weighted by molar-refractivity contribution is -0.146. The molecule has 0 saturated carbocycles. The second kappa shape index (κ2) is 7.96. The van der Waals surface area contributed by atoms with E-state index in [4.69, 9.17) is 4.74 Å². The van der Waals surface area contributed by atoms with Crippen LogP contribution in [0.5, 0.6) is 0 Å². The third kappa shape index (κ3) is 4.41. The van der Waals surface area contributed by atoms with Crippen molar-refractivity contribution >= 4 is 17.3 Å². The number of esters is 1. The highest BCUT2D eigenvalue weighted by atomic mass is 32.1. The summed E-state index contributed by atoms with van der Waals surface area (Å²) >= 11 is 1.68. The topological polar surface area (TPSA) is 38.3 Å². The van der Waals surface area contributed by atoms with Gasteiger partial charge in [-0.25, -0.2) is 0 Å². The van der Waals surface area contributed by atoms with E-state index in [0.29, 0.717) is 13.2 Å². The van der Waals surface area contributed by atoms with Gasteiger partial charge in [0.1, 0.15) is 6.04 Å². The minimum absolute atomic E-state index is 0.0604. The third-order valence-electron chi connectivity index (χ3n) is 3.44. The molecule has 0 aliphatic carbocycles. The Hall–Kier alpha value is -1.65. The van der Waals surface area contributed by atoms with Crippen LogP contribution in [0.3, 0.4) is 0 Å². The molecule has 2 rings (SSSR count). The van der Waals surface area contributed by atoms with E-state index >= 15 is 0 Å². The standard InChI is InChI=1S/C17H21NO2S/c1-3-20-17(19)16(18-12-15-10-7-11-21-15)13(2)14-8-5-4-6-9-14/h4-11,13,16,18H,3,12H2,1-2H3. The molecule has 1 aromatic heterocycles. The number of benzene rings is 1. The average Bonchev–Trinajstić information content (AvgIpc) is 3.02. The van der Waals surface area contributed by atoms with Gasteiger partial charge in [0.2, 0.25) is 0 Å². The number of carbonyl (C=O) groups is 1. The fraction of sp³-hybridized carbons (Fsp3) is 0.353. The maximum Gasteiger partial charge on any atom is 0.323 e. The van der Waals surface area contributed by atoms with Gasteiger partial charge in [0, 0.05) is 17.3 Å². The SMILES string of the molecule is CCOC(=O)C(NCc1cccs1)C(C)c1ccccc1. The molecule has 0 aliphatic heterocycles. The Balaban J connectivity index is 2.09. The van der Waals surface area contributed by atoms with Crippen LogP contribution in [0.15, 0.2) is 47.8 Å². The van der Waals surface area contributed by atoms with E-state index in [0.717, 1.165) is 5.56 Å². The molecule has 3 nitrogen and oxygen atoms in total. The molecule has 0 amide bonds. The first-order chi connectivity index (χ1) is 10.2. The maximum atomic E-state index is 12.2. The highest BCUT2D eigenvalue weighted by Crippen LogP contribution is 2.21. The van der Waals surface area contributed by atoms with Gasteiger partial charge in [-0.2, -0.15) is 0 Å². The van der Waals surface area contributed by atoms with Crippen LogP contribution >= 0.6 is 11.3 Å². The zero-order chi connectivity index (χ0) is 15.1. The Morgan fingerprint density at radius 1 is 1.24 bits per heavy atom. The number of carbonyl (C=O) groups excluding carboxylic acids is 1. The Morgan fingerprint density at radius 3 is 2.62 bits per heavy atom. The van der Waals surface area contributed by atoms with Gasteiger partial charge in [0.05, 0.1) is 6.61 Å². The molecule has 0 bridgehead atoms. The van der Waals surface area contributed by atoms with Crippen LogP contribution in [0.4, 0.5) is 0 Å². The Labute approximate surface area is 130 Å². The first-order valence-corrected chi connectivity index (χ1v) is 8.07. The number of hydrogen-bond acceptors (Lipinski definition) is 4. The smallest absolute Gasteiger partial charge is 0.323 e. The number of nitrogens with one attached hydrogen (secondary N) is 1. The largest absolute Gasteiger partial charge is 0.465 e. The highest BCUT2D eigenvalue weighted by molar-refractivity contribution is 7.09. The molecule has 0 radical (unpaired) electrons. The fourth-order valence-electron chi connectivity index (χ4n) is 2.27. The van der Waals surface area contributed by atoms with Crippen LogP contribution < -0.4 is 5.32 Å². The molecule has 1 aromatic carbocycles. The van der Waals surface area contributed by atoms with Gasteiger partial charge < -0.3 is 4.74 Å². The van der Waals surface area contributed by atoms with E-state index in [9.17, 15) is 4.79 Å². The van der Waals surface area contributed by atoms with Gasteiger partial charge >= 0.3 is 5.97 Å². The van der Waals surface area contributed by atoms with Crippen molar-refractivity contribution < 1.29 is 9.53 Å². The Bertz CT molecular complexity index is 539. The molecule has 1 heterocycles. The van der Waals surface area contributed by atoms with Gasteiger partial charge in [-0.15, -0.1) is 11.3 Å². The molecule has 21 heavy (non-hydrogen) atoms. The van der Waals surface area contributed by atoms with E-state index in [1.165, 1.54) is 4.88 Å². The molecular formula is C17H21NO2S. The average molecular weight is 303 g/mol. The lowest BCUT2D eigenvalue weighted by Gasteiger charge is -2.23. The van der Waals surface area contributed by atoms with Crippen LogP contribution in [0.25, 0.3) is 0 Å². The van der Waals surface area contributed by atoms with Crippen LogP contribution in [-0.2, 0) is 16.1 Å². The molecule has 1 N–H and O–H groups in total. The summed E-state index contributed by atoms with van der Waals surface area (Å²) in [6, 6.07) is 13.8. The van der Waals surface area contributed by atoms with Crippen molar-refractivity contribution in [2.24, 2.45) is 0 Å². The van der Waals surface area contributed by atoms with Crippen LogP contribution in [0.1, 0.15) is 30.2 Å². The molecule has 0 spiro atoms. The van der Waals surface area contributed by atoms with Crippen LogP contribution in [0, 0.1) is 0 Å². The molecule has 112 valence electrons. The van der Waals surface area contributed by atoms with E-state index in [1.807, 2.05) is 48.7 Å². The van der Waals surface area contributed by atoms with Crippen LogP contribution in [-0.4, -0.2) is 18.6 Å². The molecule has 4 heteroatoms. The second-order valence-electron chi connectivity index (χ2n) is 4.89. The zero-order valence-electron chi connectivity index (χ0n) is 12.4. The molecule has 2 unspecified atom stereocenters. The highest BCUT2D eigenvalue weighted by Gasteiger charge is 2.27. The first-order valence-electron chi connectivity index (χ1n) is 7.19. The van der Waals surface area contributed by atoms with Gasteiger partial charge in [0.15, 0.2) is 0 Å². The Kier molecular flexibility index (Phi) is 5.96. The summed E-state index contributed by atoms with van der Waals surface area (Å²) in [5, 5.41) is 5.38. The molecule has 0 fully saturated rings. The van der Waals surface area contributed by atoms with Crippen molar-refractivity contribution in [3.8, 4) is 0 Å². The molecule has 2 atom stereocenters. The lowest BCUT2D eigenvalue weighted by Crippen LogP contribution is -2.41. The minimum Gasteiger partial charge on any atom is -0.465 e. The quantitative estimate of drug-likeness (QED) is 0.795. The predicted octanol–water partition coefficient (Wildman–Crippen LogP) is 3.57. The summed E-state index contributed by atoms with van der Waals surface area (Å²) < 4.78 is 5.22. The third-order valence-corrected chi connectivity index (χ3v) is 4.32. The lowest BCUT2D eigenvalue weighted by atomic mass is 9.93. The van der Waals surface area contributed by atoms with Crippen molar-refractivity contribution in [1.82, 2.24) is 5.32 Å². The summed E-state index contributed by atoms with van der Waals surface area (Å²) in [4.78, 5) is 13.4. The number of rotatable bonds is 7. The fourth-order valence-corrected chi connectivity index (χ4v) is 2.92. The van der Waals surface area contributed by atoms with Gasteiger partial charge in [-0.05, 0) is 23.9 Å². The van der Waals surface area contributed by atoms with Crippen molar-refractivity contribution in [2.75, 3.05) is 6.61 Å². The maximum absolute atomic E-state index is 12.2. The number of hydrogen-bond donors (Lipinski definition) is 1. The molecular weight excluding hydrogens is 282 g/mol. The summed E-state index contributed by atoms with van der Waals surface area (Å²) in [6.07, 6.45) is 0. The van der Waals surface area contributed by atoms with E-state index in [1.54, 1.807) is 11.3 Å². The number of thiophene rings is 1. The van der Waals surface area contributed by atoms with Crippen molar-refractivity contribution in [1.29, 1.82) is 0 Å². The minimum atomic E-state index is -0.338. The first kappa shape index (κ1) is 15.7. The summed E-state index contributed by atoms with van der Waals surface area (Å²) in [7, 11) is 0. The van der Waals surface area contributed by atoms with E-state index < -0.39 is 0 Å². The van der Waals surface area contributed by atoms with E-state index in [2.05, 4.69) is 18.3 Å². The summed E-state index contributed by atoms with van der Waals surface area (Å²) in [5.74, 6) is -0.129. The summed E-state index contributed by atoms with van der Waals surface area (Å²) in [6.45, 7) is 4.97. The van der Waals surface area contributed by atoms with Crippen molar-refractivity contribution in [3.63, 3.8) is 0 Å². The van der Waals surface area contributed by atoms with Gasteiger partial charge in [-0.1, -0.05) is 43.3 Å². The zero-order valence-corrected chi connectivity index (χ0v) is 13.2. The predicted molar refractivity (Wildman–Crippen MR) is 86.4 cm³/mol. The van der Waals surface area contributed by atoms with Crippen LogP contribution in [0.2, 0.25) is 0 Å². The van der Waals surface area contributed by atoms with E-state index in [-0.39, 0.29) is 17.9 Å². The van der Waals surface area contributed by atoms with Gasteiger partial charge in [0.25, 0.3) is 0 Å². The summed E-state index contributed by atoms with van der Waals surface area (Å²) in [5.41, 5.74) is 1.13. The van der Waals surface area contributed by atoms with Crippen molar-refractivity contribution in [3.05, 3.63) is 58.3 Å². The van der Waals surface area contributed by atoms with Crippen molar-refractivity contribution in [2.45, 2.75) is 32.4 Å². The molecule has 0 aliphatic rings. The van der Waals surface area contributed by atoms with Gasteiger partial charge in [-0.3, -0.25) is 10.1 Å². The normalized spacial score (nSPS) is 13.6. The second-order valence-corrected chi connectivity index (χ2v) is 5.92.